The second-order valence-corrected chi connectivity index (χ2v) is 11.4. The molecule has 0 aromatic heterocycles. The van der Waals surface area contributed by atoms with E-state index in [1.54, 1.807) is 18.2 Å². The number of rotatable bonds is 11. The zero-order valence-corrected chi connectivity index (χ0v) is 26.0. The molecule has 0 aliphatic heterocycles. The molecule has 0 radical (unpaired) electrons. The molecule has 3 N–H and O–H groups in total. The number of carbonyl (C=O) groups excluding carboxylic acids is 1. The van der Waals surface area contributed by atoms with Crippen LogP contribution in [-0.2, 0) is 9.53 Å². The van der Waals surface area contributed by atoms with Crippen LogP contribution in [0.4, 0.5) is 34.1 Å². The Labute approximate surface area is 267 Å². The summed E-state index contributed by atoms with van der Waals surface area (Å²) in [4.78, 5) is 17.0. The van der Waals surface area contributed by atoms with Gasteiger partial charge in [-0.15, -0.1) is 0 Å². The van der Waals surface area contributed by atoms with Crippen molar-refractivity contribution in [3.8, 4) is 11.8 Å². The van der Waals surface area contributed by atoms with Crippen LogP contribution in [0, 0.1) is 11.3 Å². The van der Waals surface area contributed by atoms with Gasteiger partial charge in [0.1, 0.15) is 11.8 Å². The lowest BCUT2D eigenvalue weighted by atomic mass is 10.1. The summed E-state index contributed by atoms with van der Waals surface area (Å²) in [5.41, 5.74) is 11.4. The number of nitrogen functional groups attached to an aromatic ring is 1. The molecule has 0 saturated carbocycles. The monoisotopic (exact) mass is 615 g/mol. The number of esters is 1. The fourth-order valence-electron chi connectivity index (χ4n) is 4.87. The molecule has 0 aliphatic rings. The van der Waals surface area contributed by atoms with Gasteiger partial charge < -0.3 is 30.3 Å². The van der Waals surface area contributed by atoms with E-state index in [9.17, 15) is 10.1 Å². The number of hydrogen-bond donors (Lipinski definition) is 2. The first-order chi connectivity index (χ1) is 21.8. The average Bonchev–Trinajstić information content (AvgIpc) is 3.04. The van der Waals surface area contributed by atoms with Crippen molar-refractivity contribution in [1.82, 2.24) is 0 Å². The highest BCUT2D eigenvalue weighted by molar-refractivity contribution is 8.00. The van der Waals surface area contributed by atoms with Crippen molar-refractivity contribution in [2.45, 2.75) is 17.1 Å². The van der Waals surface area contributed by atoms with Gasteiger partial charge in [0.2, 0.25) is 0 Å². The molecule has 0 amide bonds. The first-order valence-electron chi connectivity index (χ1n) is 14.2. The Kier molecular flexibility index (Phi) is 9.46. The van der Waals surface area contributed by atoms with Crippen LogP contribution < -0.4 is 25.6 Å². The highest BCUT2D eigenvalue weighted by atomic mass is 32.2. The van der Waals surface area contributed by atoms with Gasteiger partial charge in [0, 0.05) is 43.0 Å². The second kappa shape index (κ2) is 13.8. The predicted octanol–water partition coefficient (Wildman–Crippen LogP) is 8.13. The van der Waals surface area contributed by atoms with Gasteiger partial charge in [-0.2, -0.15) is 5.26 Å². The van der Waals surface area contributed by atoms with Crippen LogP contribution in [0.1, 0.15) is 12.5 Å². The first kappa shape index (κ1) is 30.9. The number of nitrogens with two attached hydrogens (primary N) is 1. The van der Waals surface area contributed by atoms with Crippen molar-refractivity contribution in [3.63, 3.8) is 0 Å². The molecule has 5 rings (SSSR count). The largest absolute Gasteiger partial charge is 0.427 e. The minimum absolute atomic E-state index is 0.360. The smallest absolute Gasteiger partial charge is 0.397 e. The zero-order chi connectivity index (χ0) is 31.8. The van der Waals surface area contributed by atoms with Gasteiger partial charge in [0.25, 0.3) is 0 Å². The lowest BCUT2D eigenvalue weighted by Gasteiger charge is -2.35. The van der Waals surface area contributed by atoms with Gasteiger partial charge in [-0.1, -0.05) is 72.8 Å². The molecule has 0 fully saturated rings. The SMILES string of the molecule is CC(=O)OC(Nc1ccccc1)(Oc1ccccc1)Sc1cc(C#N)c(N(C)C)c(N(c2ccccc2)c2ccccc2)c1N. The summed E-state index contributed by atoms with van der Waals surface area (Å²) in [6.07, 6.45) is 0. The van der Waals surface area contributed by atoms with Crippen molar-refractivity contribution in [3.05, 3.63) is 133 Å². The number of nitriles is 1. The summed E-state index contributed by atoms with van der Waals surface area (Å²) < 4.78 is 12.4. The van der Waals surface area contributed by atoms with Crippen LogP contribution in [0.25, 0.3) is 0 Å². The number of carbonyl (C=O) groups is 1. The van der Waals surface area contributed by atoms with Crippen molar-refractivity contribution in [1.29, 1.82) is 5.26 Å². The molecule has 0 heterocycles. The van der Waals surface area contributed by atoms with E-state index < -0.39 is 11.2 Å². The van der Waals surface area contributed by atoms with Crippen LogP contribution in [0.5, 0.6) is 5.75 Å². The molecule has 0 spiro atoms. The number of thioether (sulfide) groups is 1. The van der Waals surface area contributed by atoms with E-state index in [1.165, 1.54) is 6.92 Å². The van der Waals surface area contributed by atoms with Gasteiger partial charge in [-0.05, 0) is 66.4 Å². The molecule has 8 nitrogen and oxygen atoms in total. The lowest BCUT2D eigenvalue weighted by Crippen LogP contribution is -2.45. The van der Waals surface area contributed by atoms with Crippen LogP contribution in [0.15, 0.2) is 132 Å². The van der Waals surface area contributed by atoms with E-state index in [0.717, 1.165) is 23.1 Å². The van der Waals surface area contributed by atoms with Crippen LogP contribution >= 0.6 is 11.8 Å². The maximum atomic E-state index is 12.7. The fraction of sp³-hybridized carbons (Fsp3) is 0.111. The number of anilines is 6. The van der Waals surface area contributed by atoms with E-state index >= 15 is 0 Å². The fourth-order valence-corrected chi connectivity index (χ4v) is 6.01. The van der Waals surface area contributed by atoms with Crippen LogP contribution in [0.2, 0.25) is 0 Å². The number of ether oxygens (including phenoxy) is 2. The normalized spacial score (nSPS) is 11.9. The van der Waals surface area contributed by atoms with Gasteiger partial charge in [0.05, 0.1) is 22.6 Å². The average molecular weight is 616 g/mol. The van der Waals surface area contributed by atoms with E-state index in [4.69, 9.17) is 15.2 Å². The molecule has 0 aliphatic carbocycles. The lowest BCUT2D eigenvalue weighted by molar-refractivity contribution is -0.163. The first-order valence-corrected chi connectivity index (χ1v) is 15.0. The molecule has 5 aromatic carbocycles. The van der Waals surface area contributed by atoms with Gasteiger partial charge in [-0.3, -0.25) is 4.79 Å². The maximum Gasteiger partial charge on any atom is 0.397 e. The number of nitrogens with zero attached hydrogens (tertiary/aromatic N) is 3. The number of nitrogens with one attached hydrogen (secondary N) is 1. The van der Waals surface area contributed by atoms with E-state index in [-0.39, 0.29) is 0 Å². The number of benzene rings is 5. The van der Waals surface area contributed by atoms with E-state index in [0.29, 0.717) is 39.0 Å². The highest BCUT2D eigenvalue weighted by Crippen LogP contribution is 2.51. The van der Waals surface area contributed by atoms with Crippen LogP contribution in [-0.4, -0.2) is 25.3 Å². The highest BCUT2D eigenvalue weighted by Gasteiger charge is 2.41. The minimum Gasteiger partial charge on any atom is -0.427 e. The van der Waals surface area contributed by atoms with Gasteiger partial charge >= 0.3 is 11.2 Å². The summed E-state index contributed by atoms with van der Waals surface area (Å²) in [7, 11) is 3.75. The van der Waals surface area contributed by atoms with Gasteiger partial charge in [0.15, 0.2) is 0 Å². The van der Waals surface area contributed by atoms with E-state index in [1.807, 2.05) is 133 Å². The molecule has 9 heteroatoms. The molecular formula is C36H33N5O3S. The minimum atomic E-state index is -1.81. The molecule has 0 bridgehead atoms. The third-order valence-electron chi connectivity index (χ3n) is 6.68. The third kappa shape index (κ3) is 7.15. The van der Waals surface area contributed by atoms with Crippen LogP contribution in [0.3, 0.4) is 0 Å². The molecular weight excluding hydrogens is 582 g/mol. The maximum absolute atomic E-state index is 12.7. The van der Waals surface area contributed by atoms with Gasteiger partial charge in [-0.25, -0.2) is 0 Å². The zero-order valence-electron chi connectivity index (χ0n) is 25.2. The Bertz CT molecular complexity index is 1700. The van der Waals surface area contributed by atoms with Crippen molar-refractivity contribution >= 4 is 51.9 Å². The molecule has 1 unspecified atom stereocenters. The summed E-state index contributed by atoms with van der Waals surface area (Å²) in [5.74, 6) is -0.129. The summed E-state index contributed by atoms with van der Waals surface area (Å²) in [5, 5.41) is 11.9. The second-order valence-electron chi connectivity index (χ2n) is 10.2. The van der Waals surface area contributed by atoms with Crippen molar-refractivity contribution < 1.29 is 14.3 Å². The van der Waals surface area contributed by atoms with Crippen molar-refractivity contribution in [2.75, 3.05) is 34.9 Å². The molecule has 45 heavy (non-hydrogen) atoms. The third-order valence-corrected chi connectivity index (χ3v) is 7.78. The summed E-state index contributed by atoms with van der Waals surface area (Å²) in [6.45, 7) is 1.31. The van der Waals surface area contributed by atoms with E-state index in [2.05, 4.69) is 11.4 Å². The Morgan fingerprint density at radius 2 is 1.33 bits per heavy atom. The molecule has 226 valence electrons. The van der Waals surface area contributed by atoms with Crippen molar-refractivity contribution in [2.24, 2.45) is 0 Å². The summed E-state index contributed by atoms with van der Waals surface area (Å²) in [6, 6.07) is 42.0. The number of para-hydroxylation sites is 4. The Morgan fingerprint density at radius 3 is 1.82 bits per heavy atom. The molecule has 5 aromatic rings. The molecule has 1 atom stereocenters. The quantitative estimate of drug-likeness (QED) is 0.0659. The Hall–Kier alpha value is -5.59. The Morgan fingerprint density at radius 1 is 0.822 bits per heavy atom. The molecule has 0 saturated heterocycles. The number of hydrogen-bond acceptors (Lipinski definition) is 9. The Balaban J connectivity index is 1.76. The standard InChI is InChI=1S/C36H33N5O3S/c1-26(42)43-36(39-28-16-8-4-9-17-28,44-31-22-14-7-15-23-31)45-32-24-27(25-37)34(40(2)3)35(33(32)38)41(29-18-10-5-11-19-29)30-20-12-6-13-21-30/h4-24,39H,38H2,1-3H3. The predicted molar refractivity (Wildman–Crippen MR) is 182 cm³/mol. The summed E-state index contributed by atoms with van der Waals surface area (Å²) >= 11 is 1.06. The topological polar surface area (TPSA) is 104 Å².